The Morgan fingerprint density at radius 3 is 2.40 bits per heavy atom. The van der Waals surface area contributed by atoms with Crippen LogP contribution < -0.4 is 0 Å². The van der Waals surface area contributed by atoms with Crippen molar-refractivity contribution in [3.8, 4) is 0 Å². The van der Waals surface area contributed by atoms with Crippen molar-refractivity contribution in [3.05, 3.63) is 0 Å². The SMILES string of the molecule is CC(=O)CC(=O)C1C(C)CCCC1(C)C. The van der Waals surface area contributed by atoms with E-state index in [-0.39, 0.29) is 29.3 Å². The lowest BCUT2D eigenvalue weighted by atomic mass is 9.62. The normalized spacial score (nSPS) is 29.9. The average Bonchev–Trinajstić information content (AvgIpc) is 1.99. The van der Waals surface area contributed by atoms with Gasteiger partial charge in [0.05, 0.1) is 6.42 Å². The fourth-order valence-electron chi connectivity index (χ4n) is 3.08. The second-order valence-electron chi connectivity index (χ2n) is 5.68. The van der Waals surface area contributed by atoms with E-state index in [4.69, 9.17) is 0 Å². The zero-order chi connectivity index (χ0) is 11.6. The van der Waals surface area contributed by atoms with Crippen LogP contribution in [0.4, 0.5) is 0 Å². The minimum Gasteiger partial charge on any atom is -0.300 e. The largest absolute Gasteiger partial charge is 0.300 e. The van der Waals surface area contributed by atoms with E-state index in [0.717, 1.165) is 12.8 Å². The van der Waals surface area contributed by atoms with Gasteiger partial charge in [-0.25, -0.2) is 0 Å². The maximum Gasteiger partial charge on any atom is 0.144 e. The summed E-state index contributed by atoms with van der Waals surface area (Å²) in [5.74, 6) is 0.657. The Morgan fingerprint density at radius 1 is 1.33 bits per heavy atom. The number of rotatable bonds is 3. The van der Waals surface area contributed by atoms with Crippen LogP contribution in [0.1, 0.15) is 53.4 Å². The predicted octanol–water partition coefficient (Wildman–Crippen LogP) is 3.00. The summed E-state index contributed by atoms with van der Waals surface area (Å²) in [7, 11) is 0. The first-order valence-electron chi connectivity index (χ1n) is 5.87. The molecule has 86 valence electrons. The van der Waals surface area contributed by atoms with Gasteiger partial charge in [-0.15, -0.1) is 0 Å². The minimum absolute atomic E-state index is 0.00595. The first-order chi connectivity index (χ1) is 6.84. The highest BCUT2D eigenvalue weighted by Gasteiger charge is 2.41. The third-order valence-corrected chi connectivity index (χ3v) is 3.66. The van der Waals surface area contributed by atoms with Crippen molar-refractivity contribution in [2.75, 3.05) is 0 Å². The summed E-state index contributed by atoms with van der Waals surface area (Å²) in [5.41, 5.74) is 0.0736. The third-order valence-electron chi connectivity index (χ3n) is 3.66. The molecule has 0 aliphatic heterocycles. The first kappa shape index (κ1) is 12.4. The molecule has 0 spiro atoms. The van der Waals surface area contributed by atoms with E-state index in [1.807, 2.05) is 0 Å². The molecular formula is C13H22O2. The topological polar surface area (TPSA) is 34.1 Å². The quantitative estimate of drug-likeness (QED) is 0.671. The van der Waals surface area contributed by atoms with Gasteiger partial charge < -0.3 is 0 Å². The Morgan fingerprint density at radius 2 is 1.93 bits per heavy atom. The lowest BCUT2D eigenvalue weighted by Crippen LogP contribution is -2.39. The van der Waals surface area contributed by atoms with Gasteiger partial charge in [0.15, 0.2) is 0 Å². The van der Waals surface area contributed by atoms with Gasteiger partial charge in [-0.05, 0) is 31.1 Å². The summed E-state index contributed by atoms with van der Waals surface area (Å²) in [5, 5.41) is 0. The molecule has 1 saturated carbocycles. The molecule has 1 aliphatic carbocycles. The van der Waals surface area contributed by atoms with E-state index in [2.05, 4.69) is 20.8 Å². The molecule has 0 bridgehead atoms. The van der Waals surface area contributed by atoms with Crippen LogP contribution >= 0.6 is 0 Å². The van der Waals surface area contributed by atoms with E-state index in [1.54, 1.807) is 0 Å². The number of hydrogen-bond acceptors (Lipinski definition) is 2. The molecule has 1 fully saturated rings. The Labute approximate surface area is 92.4 Å². The molecule has 0 saturated heterocycles. The average molecular weight is 210 g/mol. The fourth-order valence-corrected chi connectivity index (χ4v) is 3.08. The van der Waals surface area contributed by atoms with Crippen LogP contribution in [-0.4, -0.2) is 11.6 Å². The second-order valence-corrected chi connectivity index (χ2v) is 5.68. The molecule has 0 N–H and O–H groups in total. The van der Waals surface area contributed by atoms with Crippen LogP contribution in [0.5, 0.6) is 0 Å². The van der Waals surface area contributed by atoms with Crippen molar-refractivity contribution in [2.45, 2.75) is 53.4 Å². The molecular weight excluding hydrogens is 188 g/mol. The first-order valence-corrected chi connectivity index (χ1v) is 5.87. The van der Waals surface area contributed by atoms with Crippen LogP contribution in [0.3, 0.4) is 0 Å². The lowest BCUT2D eigenvalue weighted by molar-refractivity contribution is -0.134. The Hall–Kier alpha value is -0.660. The van der Waals surface area contributed by atoms with Crippen molar-refractivity contribution in [1.82, 2.24) is 0 Å². The highest BCUT2D eigenvalue weighted by molar-refractivity contribution is 5.99. The third kappa shape index (κ3) is 2.90. The smallest absolute Gasteiger partial charge is 0.144 e. The molecule has 0 heterocycles. The Bertz CT molecular complexity index is 266. The summed E-state index contributed by atoms with van der Waals surface area (Å²) in [6, 6.07) is 0. The maximum atomic E-state index is 12.0. The number of carbonyl (C=O) groups is 2. The van der Waals surface area contributed by atoms with E-state index in [9.17, 15) is 9.59 Å². The van der Waals surface area contributed by atoms with Crippen LogP contribution in [0.25, 0.3) is 0 Å². The van der Waals surface area contributed by atoms with Gasteiger partial charge in [0, 0.05) is 5.92 Å². The molecule has 0 aromatic rings. The van der Waals surface area contributed by atoms with Crippen molar-refractivity contribution >= 4 is 11.6 Å². The molecule has 0 amide bonds. The number of Topliss-reactive ketones (excluding diaryl/α,β-unsaturated/α-hetero) is 2. The van der Waals surface area contributed by atoms with Crippen LogP contribution in [-0.2, 0) is 9.59 Å². The molecule has 1 rings (SSSR count). The van der Waals surface area contributed by atoms with Gasteiger partial charge >= 0.3 is 0 Å². The van der Waals surface area contributed by atoms with Crippen molar-refractivity contribution in [3.63, 3.8) is 0 Å². The summed E-state index contributed by atoms with van der Waals surface area (Å²) in [6.07, 6.45) is 3.56. The van der Waals surface area contributed by atoms with Crippen LogP contribution in [0.2, 0.25) is 0 Å². The maximum absolute atomic E-state index is 12.0. The van der Waals surface area contributed by atoms with E-state index < -0.39 is 0 Å². The van der Waals surface area contributed by atoms with Gasteiger partial charge in [-0.3, -0.25) is 9.59 Å². The van der Waals surface area contributed by atoms with E-state index in [1.165, 1.54) is 13.3 Å². The van der Waals surface area contributed by atoms with Gasteiger partial charge in [0.1, 0.15) is 11.6 Å². The Kier molecular flexibility index (Phi) is 3.69. The van der Waals surface area contributed by atoms with Gasteiger partial charge in [0.25, 0.3) is 0 Å². The molecule has 0 aromatic heterocycles. The molecule has 0 aromatic carbocycles. The molecule has 1 aliphatic rings. The molecule has 0 radical (unpaired) electrons. The van der Waals surface area contributed by atoms with E-state index in [0.29, 0.717) is 5.92 Å². The predicted molar refractivity (Wildman–Crippen MR) is 60.6 cm³/mol. The van der Waals surface area contributed by atoms with E-state index >= 15 is 0 Å². The molecule has 2 heteroatoms. The standard InChI is InChI=1S/C13H22O2/c1-9-6-5-7-13(3,4)12(9)11(15)8-10(2)14/h9,12H,5-8H2,1-4H3. The van der Waals surface area contributed by atoms with Crippen LogP contribution in [0.15, 0.2) is 0 Å². The van der Waals surface area contributed by atoms with Gasteiger partial charge in [-0.1, -0.05) is 27.2 Å². The molecule has 15 heavy (non-hydrogen) atoms. The minimum atomic E-state index is -0.00595. The van der Waals surface area contributed by atoms with Crippen molar-refractivity contribution in [1.29, 1.82) is 0 Å². The van der Waals surface area contributed by atoms with Crippen molar-refractivity contribution < 1.29 is 9.59 Å². The zero-order valence-electron chi connectivity index (χ0n) is 10.3. The monoisotopic (exact) mass is 210 g/mol. The summed E-state index contributed by atoms with van der Waals surface area (Å²) >= 11 is 0. The number of hydrogen-bond donors (Lipinski definition) is 0. The fraction of sp³-hybridized carbons (Fsp3) is 0.846. The zero-order valence-corrected chi connectivity index (χ0v) is 10.3. The summed E-state index contributed by atoms with van der Waals surface area (Å²) in [4.78, 5) is 23.0. The lowest BCUT2D eigenvalue weighted by Gasteiger charge is -2.41. The molecule has 2 atom stereocenters. The second kappa shape index (κ2) is 4.46. The number of carbonyl (C=O) groups excluding carboxylic acids is 2. The molecule has 2 unspecified atom stereocenters. The van der Waals surface area contributed by atoms with Crippen molar-refractivity contribution in [2.24, 2.45) is 17.3 Å². The highest BCUT2D eigenvalue weighted by Crippen LogP contribution is 2.44. The summed E-state index contributed by atoms with van der Waals surface area (Å²) < 4.78 is 0. The van der Waals surface area contributed by atoms with Gasteiger partial charge in [0.2, 0.25) is 0 Å². The molecule has 2 nitrogen and oxygen atoms in total. The highest BCUT2D eigenvalue weighted by atomic mass is 16.1. The number of ketones is 2. The van der Waals surface area contributed by atoms with Crippen LogP contribution in [0, 0.1) is 17.3 Å². The van der Waals surface area contributed by atoms with Gasteiger partial charge in [-0.2, -0.15) is 0 Å². The summed E-state index contributed by atoms with van der Waals surface area (Å²) in [6.45, 7) is 7.96. The Balaban J connectivity index is 2.78.